The number of aliphatic hydroxyl groups is 1. The highest BCUT2D eigenvalue weighted by molar-refractivity contribution is 6.05. The molecule has 3 aliphatic heterocycles. The monoisotopic (exact) mass is 566 g/mol. The normalized spacial score (nSPS) is 28.0. The van der Waals surface area contributed by atoms with Crippen LogP contribution in [0.15, 0.2) is 43.5 Å². The molecule has 8 heteroatoms. The van der Waals surface area contributed by atoms with Crippen LogP contribution in [0.3, 0.4) is 0 Å². The number of hydrogen-bond acceptors (Lipinski definition) is 6. The van der Waals surface area contributed by atoms with Crippen LogP contribution in [0.2, 0.25) is 0 Å². The number of esters is 1. The van der Waals surface area contributed by atoms with Gasteiger partial charge in [-0.05, 0) is 63.5 Å². The molecule has 2 bridgehead atoms. The summed E-state index contributed by atoms with van der Waals surface area (Å²) < 4.78 is 12.5. The molecule has 2 amide bonds. The Labute approximate surface area is 244 Å². The molecule has 8 nitrogen and oxygen atoms in total. The second kappa shape index (κ2) is 12.9. The van der Waals surface area contributed by atoms with Gasteiger partial charge in [0.05, 0.1) is 18.1 Å². The van der Waals surface area contributed by atoms with Crippen LogP contribution < -0.4 is 4.90 Å². The average Bonchev–Trinajstić information content (AvgIpc) is 3.55. The van der Waals surface area contributed by atoms with Gasteiger partial charge in [0, 0.05) is 25.4 Å². The third-order valence-corrected chi connectivity index (χ3v) is 9.33. The number of aryl methyl sites for hydroxylation is 2. The minimum Gasteiger partial charge on any atom is -0.465 e. The van der Waals surface area contributed by atoms with Gasteiger partial charge in [0.25, 0.3) is 5.91 Å². The number of para-hydroxylation sites is 1. The van der Waals surface area contributed by atoms with E-state index in [1.807, 2.05) is 39.0 Å². The maximum absolute atomic E-state index is 14.8. The van der Waals surface area contributed by atoms with Gasteiger partial charge in [-0.25, -0.2) is 0 Å². The first-order valence-electron chi connectivity index (χ1n) is 15.1. The van der Waals surface area contributed by atoms with E-state index in [2.05, 4.69) is 13.2 Å². The number of ether oxygens (including phenoxy) is 2. The van der Waals surface area contributed by atoms with Gasteiger partial charge in [0.15, 0.2) is 0 Å². The van der Waals surface area contributed by atoms with Crippen molar-refractivity contribution in [3.05, 3.63) is 54.6 Å². The van der Waals surface area contributed by atoms with E-state index in [4.69, 9.17) is 9.47 Å². The Balaban J connectivity index is 1.77. The van der Waals surface area contributed by atoms with Crippen LogP contribution in [0, 0.1) is 25.7 Å². The first-order chi connectivity index (χ1) is 19.7. The Morgan fingerprint density at radius 2 is 1.85 bits per heavy atom. The molecule has 3 saturated heterocycles. The van der Waals surface area contributed by atoms with E-state index in [9.17, 15) is 19.5 Å². The zero-order valence-electron chi connectivity index (χ0n) is 24.9. The maximum Gasteiger partial charge on any atom is 0.312 e. The lowest BCUT2D eigenvalue weighted by molar-refractivity contribution is -0.160. The molecular weight excluding hydrogens is 520 g/mol. The molecule has 5 atom stereocenters. The number of hydrogen-bond donors (Lipinski definition) is 1. The van der Waals surface area contributed by atoms with E-state index >= 15 is 0 Å². The number of fused-ring (bicyclic) bond motifs is 1. The van der Waals surface area contributed by atoms with Crippen LogP contribution in [0.25, 0.3) is 0 Å². The molecule has 1 aromatic carbocycles. The SMILES string of the molecule is C=CCCOC(=O)[C@H]1[C@H]2C(=O)N(CCCCCCO)C(C(=O)N(CC=C)c3c(C)cccc3C)C23CC[C@]1(CC)O3. The van der Waals surface area contributed by atoms with E-state index in [1.54, 1.807) is 22.0 Å². The summed E-state index contributed by atoms with van der Waals surface area (Å²) in [7, 11) is 0. The van der Waals surface area contributed by atoms with E-state index in [0.29, 0.717) is 45.1 Å². The molecule has 4 rings (SSSR count). The van der Waals surface area contributed by atoms with Crippen LogP contribution in [0.1, 0.15) is 69.4 Å². The standard InChI is InChI=1S/C33H46N2O6/c1-6-9-22-40-31(39)26-25-29(37)35(20-12-10-11-13-21-36)28(33(25)18-17-32(26,8-3)41-33)30(38)34(19-7-2)27-23(4)15-14-16-24(27)5/h6-7,14-16,25-26,28,36H,1-2,8-13,17-22H2,3-5H3/t25-,26+,28?,32-,33?/m0/s1. The molecule has 1 spiro atoms. The van der Waals surface area contributed by atoms with Crippen molar-refractivity contribution in [1.82, 2.24) is 4.90 Å². The zero-order chi connectivity index (χ0) is 29.8. The molecule has 1 aromatic rings. The molecule has 3 fully saturated rings. The van der Waals surface area contributed by atoms with Crippen LogP contribution >= 0.6 is 0 Å². The number of rotatable bonds is 15. The minimum absolute atomic E-state index is 0.129. The number of likely N-dealkylation sites (tertiary alicyclic amines) is 1. The van der Waals surface area contributed by atoms with Gasteiger partial charge in [0.1, 0.15) is 17.6 Å². The van der Waals surface area contributed by atoms with Gasteiger partial charge in [-0.1, -0.05) is 50.1 Å². The molecule has 224 valence electrons. The van der Waals surface area contributed by atoms with Crippen molar-refractivity contribution in [1.29, 1.82) is 0 Å². The van der Waals surface area contributed by atoms with Gasteiger partial charge in [-0.2, -0.15) is 0 Å². The van der Waals surface area contributed by atoms with Gasteiger partial charge in [-0.15, -0.1) is 13.2 Å². The summed E-state index contributed by atoms with van der Waals surface area (Å²) in [6.45, 7) is 14.5. The lowest BCUT2D eigenvalue weighted by atomic mass is 9.65. The van der Waals surface area contributed by atoms with Crippen molar-refractivity contribution in [3.8, 4) is 0 Å². The minimum atomic E-state index is -1.10. The quantitative estimate of drug-likeness (QED) is 0.189. The summed E-state index contributed by atoms with van der Waals surface area (Å²) in [6, 6.07) is 5.05. The van der Waals surface area contributed by atoms with Gasteiger partial charge in [0.2, 0.25) is 5.91 Å². The number of carbonyl (C=O) groups excluding carboxylic acids is 3. The number of anilines is 1. The number of amides is 2. The highest BCUT2D eigenvalue weighted by atomic mass is 16.6. The molecule has 41 heavy (non-hydrogen) atoms. The molecule has 3 heterocycles. The van der Waals surface area contributed by atoms with Crippen molar-refractivity contribution in [2.24, 2.45) is 11.8 Å². The average molecular weight is 567 g/mol. The molecule has 0 saturated carbocycles. The van der Waals surface area contributed by atoms with Crippen molar-refractivity contribution in [2.75, 3.05) is 31.2 Å². The second-order valence-electron chi connectivity index (χ2n) is 11.7. The molecule has 3 aliphatic rings. The van der Waals surface area contributed by atoms with Crippen LogP contribution in [-0.2, 0) is 23.9 Å². The second-order valence-corrected chi connectivity index (χ2v) is 11.7. The van der Waals surface area contributed by atoms with Crippen LogP contribution in [0.5, 0.6) is 0 Å². The Hall–Kier alpha value is -2.97. The highest BCUT2D eigenvalue weighted by Crippen LogP contribution is 2.64. The summed E-state index contributed by atoms with van der Waals surface area (Å²) >= 11 is 0. The summed E-state index contributed by atoms with van der Waals surface area (Å²) in [6.07, 6.45) is 8.64. The number of carbonyl (C=O) groups is 3. The Bertz CT molecular complexity index is 1150. The first kappa shape index (κ1) is 31.0. The zero-order valence-corrected chi connectivity index (χ0v) is 24.9. The molecule has 2 unspecified atom stereocenters. The summed E-state index contributed by atoms with van der Waals surface area (Å²) in [5.74, 6) is -2.38. The van der Waals surface area contributed by atoms with Crippen LogP contribution in [0.4, 0.5) is 5.69 Å². The lowest BCUT2D eigenvalue weighted by Crippen LogP contribution is -2.56. The van der Waals surface area contributed by atoms with Crippen LogP contribution in [-0.4, -0.2) is 71.3 Å². The molecule has 0 aromatic heterocycles. The van der Waals surface area contributed by atoms with Crippen molar-refractivity contribution < 1.29 is 29.0 Å². The largest absolute Gasteiger partial charge is 0.465 e. The Morgan fingerprint density at radius 1 is 1.15 bits per heavy atom. The fraction of sp³-hybridized carbons (Fsp3) is 0.606. The van der Waals surface area contributed by atoms with Crippen molar-refractivity contribution >= 4 is 23.5 Å². The van der Waals surface area contributed by atoms with Crippen molar-refractivity contribution in [2.45, 2.75) is 89.4 Å². The summed E-state index contributed by atoms with van der Waals surface area (Å²) in [5.41, 5.74) is 0.789. The van der Waals surface area contributed by atoms with E-state index in [1.165, 1.54) is 0 Å². The van der Waals surface area contributed by atoms with Gasteiger partial charge < -0.3 is 24.4 Å². The van der Waals surface area contributed by atoms with E-state index in [-0.39, 0.29) is 31.6 Å². The number of nitrogens with zero attached hydrogens (tertiary/aromatic N) is 2. The summed E-state index contributed by atoms with van der Waals surface area (Å²) in [5, 5.41) is 9.20. The molecule has 0 radical (unpaired) electrons. The number of benzene rings is 1. The number of unbranched alkanes of at least 4 members (excludes halogenated alkanes) is 3. The fourth-order valence-corrected chi connectivity index (χ4v) is 7.48. The van der Waals surface area contributed by atoms with Gasteiger partial charge >= 0.3 is 5.97 Å². The summed E-state index contributed by atoms with van der Waals surface area (Å²) in [4.78, 5) is 46.1. The highest BCUT2D eigenvalue weighted by Gasteiger charge is 2.79. The predicted molar refractivity (Wildman–Crippen MR) is 158 cm³/mol. The molecular formula is C33H46N2O6. The Kier molecular flexibility index (Phi) is 9.75. The lowest BCUT2D eigenvalue weighted by Gasteiger charge is -2.37. The predicted octanol–water partition coefficient (Wildman–Crippen LogP) is 4.65. The Morgan fingerprint density at radius 3 is 2.49 bits per heavy atom. The smallest absolute Gasteiger partial charge is 0.312 e. The van der Waals surface area contributed by atoms with E-state index < -0.39 is 35.0 Å². The fourth-order valence-electron chi connectivity index (χ4n) is 7.48. The maximum atomic E-state index is 14.8. The first-order valence-corrected chi connectivity index (χ1v) is 15.1. The molecule has 1 N–H and O–H groups in total. The number of aliphatic hydroxyl groups excluding tert-OH is 1. The van der Waals surface area contributed by atoms with E-state index in [0.717, 1.165) is 29.7 Å². The molecule has 0 aliphatic carbocycles. The topological polar surface area (TPSA) is 96.4 Å². The van der Waals surface area contributed by atoms with Gasteiger partial charge in [-0.3, -0.25) is 14.4 Å². The third-order valence-electron chi connectivity index (χ3n) is 9.33. The van der Waals surface area contributed by atoms with Crippen molar-refractivity contribution in [3.63, 3.8) is 0 Å². The third kappa shape index (κ3) is 5.37.